The normalized spacial score (nSPS) is 15.4. The number of nitrogens with one attached hydrogen (secondary N) is 1. The van der Waals surface area contributed by atoms with Crippen molar-refractivity contribution < 1.29 is 13.2 Å². The fraction of sp³-hybridized carbons (Fsp3) is 0.381. The Labute approximate surface area is 161 Å². The highest BCUT2D eigenvalue weighted by molar-refractivity contribution is 7.89. The zero-order chi connectivity index (χ0) is 19.3. The van der Waals surface area contributed by atoms with Gasteiger partial charge in [-0.1, -0.05) is 38.0 Å². The van der Waals surface area contributed by atoms with Gasteiger partial charge in [-0.2, -0.15) is 4.31 Å². The molecule has 1 saturated heterocycles. The van der Waals surface area contributed by atoms with Crippen LogP contribution in [0.15, 0.2) is 53.4 Å². The molecule has 1 fully saturated rings. The summed E-state index contributed by atoms with van der Waals surface area (Å²) >= 11 is 0. The van der Waals surface area contributed by atoms with Crippen LogP contribution in [0.25, 0.3) is 0 Å². The molecule has 27 heavy (non-hydrogen) atoms. The van der Waals surface area contributed by atoms with E-state index < -0.39 is 10.0 Å². The number of aryl methyl sites for hydroxylation is 1. The molecule has 5 nitrogen and oxygen atoms in total. The Kier molecular flexibility index (Phi) is 6.29. The van der Waals surface area contributed by atoms with Crippen molar-refractivity contribution in [3.05, 3.63) is 59.7 Å². The third-order valence-corrected chi connectivity index (χ3v) is 6.69. The quantitative estimate of drug-likeness (QED) is 0.814. The lowest BCUT2D eigenvalue weighted by Crippen LogP contribution is -2.35. The minimum Gasteiger partial charge on any atom is -0.322 e. The largest absolute Gasteiger partial charge is 0.322 e. The van der Waals surface area contributed by atoms with E-state index in [9.17, 15) is 13.2 Å². The standard InChI is InChI=1S/C21H26N2O3S/c1-2-7-17-10-12-19(13-11-17)22-21(24)18-8-6-9-20(16-18)27(25,26)23-14-4-3-5-15-23/h6,8-13,16H,2-5,7,14-15H2,1H3,(H,22,24). The molecule has 0 unspecified atom stereocenters. The van der Waals surface area contributed by atoms with Crippen LogP contribution >= 0.6 is 0 Å². The number of sulfonamides is 1. The summed E-state index contributed by atoms with van der Waals surface area (Å²) in [4.78, 5) is 12.7. The number of carbonyl (C=O) groups is 1. The number of benzene rings is 2. The van der Waals surface area contributed by atoms with Crippen LogP contribution in [-0.4, -0.2) is 31.7 Å². The van der Waals surface area contributed by atoms with Gasteiger partial charge in [0.2, 0.25) is 10.0 Å². The summed E-state index contributed by atoms with van der Waals surface area (Å²) in [6, 6.07) is 14.0. The molecule has 1 N–H and O–H groups in total. The first-order chi connectivity index (χ1) is 13.0. The highest BCUT2D eigenvalue weighted by Crippen LogP contribution is 2.22. The Morgan fingerprint density at radius 3 is 2.41 bits per heavy atom. The van der Waals surface area contributed by atoms with Crippen molar-refractivity contribution in [1.82, 2.24) is 4.31 Å². The molecule has 1 aliphatic heterocycles. The van der Waals surface area contributed by atoms with Crippen LogP contribution in [0.1, 0.15) is 48.5 Å². The van der Waals surface area contributed by atoms with E-state index in [1.54, 1.807) is 18.2 Å². The molecular formula is C21H26N2O3S. The van der Waals surface area contributed by atoms with Crippen molar-refractivity contribution in [2.45, 2.75) is 43.9 Å². The Balaban J connectivity index is 1.75. The van der Waals surface area contributed by atoms with Crippen LogP contribution in [0.2, 0.25) is 0 Å². The SMILES string of the molecule is CCCc1ccc(NC(=O)c2cccc(S(=O)(=O)N3CCCCC3)c2)cc1. The molecule has 3 rings (SSSR count). The molecule has 2 aromatic rings. The molecule has 0 saturated carbocycles. The van der Waals surface area contributed by atoms with Gasteiger partial charge in [0.05, 0.1) is 4.90 Å². The van der Waals surface area contributed by atoms with Gasteiger partial charge in [-0.3, -0.25) is 4.79 Å². The van der Waals surface area contributed by atoms with E-state index >= 15 is 0 Å². The van der Waals surface area contributed by atoms with Crippen molar-refractivity contribution in [2.24, 2.45) is 0 Å². The topological polar surface area (TPSA) is 66.5 Å². The second-order valence-electron chi connectivity index (χ2n) is 6.89. The van der Waals surface area contributed by atoms with Gasteiger partial charge in [0, 0.05) is 24.3 Å². The maximum Gasteiger partial charge on any atom is 0.255 e. The number of nitrogens with zero attached hydrogens (tertiary/aromatic N) is 1. The van der Waals surface area contributed by atoms with Crippen molar-refractivity contribution in [3.8, 4) is 0 Å². The fourth-order valence-electron chi connectivity index (χ4n) is 3.30. The summed E-state index contributed by atoms with van der Waals surface area (Å²) in [6.45, 7) is 3.21. The molecular weight excluding hydrogens is 360 g/mol. The summed E-state index contributed by atoms with van der Waals surface area (Å²) in [5, 5.41) is 2.84. The van der Waals surface area contributed by atoms with Gasteiger partial charge in [-0.25, -0.2) is 8.42 Å². The predicted octanol–water partition coefficient (Wildman–Crippen LogP) is 4.07. The van der Waals surface area contributed by atoms with Crippen LogP contribution in [0.4, 0.5) is 5.69 Å². The van der Waals surface area contributed by atoms with Crippen LogP contribution < -0.4 is 5.32 Å². The second-order valence-corrected chi connectivity index (χ2v) is 8.83. The molecule has 0 spiro atoms. The van der Waals surface area contributed by atoms with Crippen LogP contribution in [-0.2, 0) is 16.4 Å². The maximum absolute atomic E-state index is 12.8. The Bertz CT molecular complexity index is 886. The second kappa shape index (κ2) is 8.67. The maximum atomic E-state index is 12.8. The van der Waals surface area contributed by atoms with Gasteiger partial charge in [-0.05, 0) is 55.2 Å². The highest BCUT2D eigenvalue weighted by atomic mass is 32.2. The van der Waals surface area contributed by atoms with Gasteiger partial charge in [0.1, 0.15) is 0 Å². The zero-order valence-electron chi connectivity index (χ0n) is 15.6. The van der Waals surface area contributed by atoms with E-state index in [2.05, 4.69) is 12.2 Å². The average Bonchev–Trinajstić information content (AvgIpc) is 2.70. The number of anilines is 1. The molecule has 1 amide bonds. The molecule has 2 aromatic carbocycles. The fourth-order valence-corrected chi connectivity index (χ4v) is 4.86. The van der Waals surface area contributed by atoms with E-state index in [1.807, 2.05) is 24.3 Å². The predicted molar refractivity (Wildman–Crippen MR) is 107 cm³/mol. The Morgan fingerprint density at radius 1 is 1.04 bits per heavy atom. The highest BCUT2D eigenvalue weighted by Gasteiger charge is 2.26. The Morgan fingerprint density at radius 2 is 1.74 bits per heavy atom. The van der Waals surface area contributed by atoms with Gasteiger partial charge < -0.3 is 5.32 Å². The number of hydrogen-bond donors (Lipinski definition) is 1. The monoisotopic (exact) mass is 386 g/mol. The van der Waals surface area contributed by atoms with Gasteiger partial charge in [0.25, 0.3) is 5.91 Å². The first-order valence-electron chi connectivity index (χ1n) is 9.51. The molecule has 0 radical (unpaired) electrons. The average molecular weight is 387 g/mol. The lowest BCUT2D eigenvalue weighted by atomic mass is 10.1. The van der Waals surface area contributed by atoms with Gasteiger partial charge >= 0.3 is 0 Å². The summed E-state index contributed by atoms with van der Waals surface area (Å²) in [5.74, 6) is -0.311. The van der Waals surface area contributed by atoms with E-state index in [0.29, 0.717) is 24.3 Å². The number of piperidine rings is 1. The lowest BCUT2D eigenvalue weighted by Gasteiger charge is -2.26. The molecule has 6 heteroatoms. The molecule has 1 heterocycles. The third kappa shape index (κ3) is 4.76. The third-order valence-electron chi connectivity index (χ3n) is 4.80. The minimum absolute atomic E-state index is 0.176. The summed E-state index contributed by atoms with van der Waals surface area (Å²) in [5.41, 5.74) is 2.26. The summed E-state index contributed by atoms with van der Waals surface area (Å²) in [6.07, 6.45) is 4.90. The van der Waals surface area contributed by atoms with E-state index in [-0.39, 0.29) is 10.8 Å². The Hall–Kier alpha value is -2.18. The van der Waals surface area contributed by atoms with Crippen molar-refractivity contribution in [1.29, 1.82) is 0 Å². The molecule has 0 aromatic heterocycles. The van der Waals surface area contributed by atoms with Gasteiger partial charge in [0.15, 0.2) is 0 Å². The lowest BCUT2D eigenvalue weighted by molar-refractivity contribution is 0.102. The first-order valence-corrected chi connectivity index (χ1v) is 11.0. The molecule has 0 aliphatic carbocycles. The number of carbonyl (C=O) groups excluding carboxylic acids is 1. The first kappa shape index (κ1) is 19.6. The molecule has 0 atom stereocenters. The van der Waals surface area contributed by atoms with Crippen molar-refractivity contribution in [2.75, 3.05) is 18.4 Å². The van der Waals surface area contributed by atoms with Crippen molar-refractivity contribution >= 4 is 21.6 Å². The van der Waals surface area contributed by atoms with Crippen molar-refractivity contribution in [3.63, 3.8) is 0 Å². The van der Waals surface area contributed by atoms with E-state index in [0.717, 1.165) is 32.1 Å². The summed E-state index contributed by atoms with van der Waals surface area (Å²) < 4.78 is 27.1. The number of rotatable bonds is 6. The van der Waals surface area contributed by atoms with Gasteiger partial charge in [-0.15, -0.1) is 0 Å². The van der Waals surface area contributed by atoms with Crippen LogP contribution in [0.5, 0.6) is 0 Å². The molecule has 144 valence electrons. The molecule has 0 bridgehead atoms. The molecule has 1 aliphatic rings. The van der Waals surface area contributed by atoms with Crippen LogP contribution in [0.3, 0.4) is 0 Å². The number of amides is 1. The zero-order valence-corrected chi connectivity index (χ0v) is 16.5. The summed E-state index contributed by atoms with van der Waals surface area (Å²) in [7, 11) is -3.55. The smallest absolute Gasteiger partial charge is 0.255 e. The number of hydrogen-bond acceptors (Lipinski definition) is 3. The van der Waals surface area contributed by atoms with E-state index in [1.165, 1.54) is 15.9 Å². The van der Waals surface area contributed by atoms with Crippen LogP contribution in [0, 0.1) is 0 Å². The minimum atomic E-state index is -3.55. The van der Waals surface area contributed by atoms with E-state index in [4.69, 9.17) is 0 Å².